The Morgan fingerprint density at radius 3 is 2.90 bits per heavy atom. The van der Waals surface area contributed by atoms with Crippen LogP contribution in [0.5, 0.6) is 0 Å². The predicted octanol–water partition coefficient (Wildman–Crippen LogP) is 2.34. The van der Waals surface area contributed by atoms with Gasteiger partial charge >= 0.3 is 0 Å². The van der Waals surface area contributed by atoms with Crippen LogP contribution in [-0.4, -0.2) is 37.6 Å². The average molecular weight is 293 g/mol. The van der Waals surface area contributed by atoms with Crippen LogP contribution in [0.25, 0.3) is 5.95 Å². The maximum Gasteiger partial charge on any atom is 0.241 e. The number of anilines is 1. The van der Waals surface area contributed by atoms with Gasteiger partial charge in [0.15, 0.2) is 0 Å². The van der Waals surface area contributed by atoms with Crippen molar-refractivity contribution in [1.29, 1.82) is 0 Å². The average Bonchev–Trinajstić information content (AvgIpc) is 3.09. The lowest BCUT2D eigenvalue weighted by Crippen LogP contribution is -2.23. The Kier molecular flexibility index (Phi) is 3.82. The van der Waals surface area contributed by atoms with Crippen LogP contribution in [0.1, 0.15) is 26.2 Å². The Labute approximate surface area is 122 Å². The second kappa shape index (κ2) is 5.75. The predicted molar refractivity (Wildman–Crippen MR) is 77.2 cm³/mol. The summed E-state index contributed by atoms with van der Waals surface area (Å²) in [4.78, 5) is 19.1. The van der Waals surface area contributed by atoms with Crippen molar-refractivity contribution in [3.05, 3.63) is 24.0 Å². The number of hydrogen-bond acceptors (Lipinski definition) is 5. The smallest absolute Gasteiger partial charge is 0.241 e. The van der Waals surface area contributed by atoms with Crippen LogP contribution in [0.4, 0.5) is 5.95 Å². The molecule has 2 aromatic rings. The van der Waals surface area contributed by atoms with E-state index in [0.29, 0.717) is 11.9 Å². The van der Waals surface area contributed by atoms with Gasteiger partial charge in [0.05, 0.1) is 0 Å². The second-order valence-corrected chi connectivity index (χ2v) is 5.40. The van der Waals surface area contributed by atoms with E-state index in [1.807, 2.05) is 0 Å². The molecule has 7 heteroatoms. The highest BCUT2D eigenvalue weighted by Crippen LogP contribution is 2.25. The van der Waals surface area contributed by atoms with Crippen molar-refractivity contribution >= 4 is 17.5 Å². The Morgan fingerprint density at radius 2 is 2.15 bits per heavy atom. The molecular weight excluding hydrogens is 276 g/mol. The van der Waals surface area contributed by atoms with Crippen molar-refractivity contribution in [2.24, 2.45) is 5.92 Å². The third-order valence-electron chi connectivity index (χ3n) is 3.59. The van der Waals surface area contributed by atoms with Crippen molar-refractivity contribution in [3.63, 3.8) is 0 Å². The molecule has 2 aromatic heterocycles. The number of aromatic nitrogens is 5. The molecule has 106 valence electrons. The number of nitrogens with zero attached hydrogens (tertiary/aromatic N) is 6. The van der Waals surface area contributed by atoms with E-state index in [2.05, 4.69) is 31.8 Å². The monoisotopic (exact) mass is 292 g/mol. The van der Waals surface area contributed by atoms with E-state index in [0.717, 1.165) is 19.0 Å². The van der Waals surface area contributed by atoms with Crippen LogP contribution in [-0.2, 0) is 0 Å². The lowest BCUT2D eigenvalue weighted by molar-refractivity contribution is 0.529. The summed E-state index contributed by atoms with van der Waals surface area (Å²) in [5.41, 5.74) is 0. The second-order valence-electron chi connectivity index (χ2n) is 5.06. The van der Waals surface area contributed by atoms with Gasteiger partial charge in [-0.3, -0.25) is 4.57 Å². The highest BCUT2D eigenvalue weighted by atomic mass is 35.5. The van der Waals surface area contributed by atoms with Crippen molar-refractivity contribution in [2.75, 3.05) is 18.0 Å². The zero-order valence-electron chi connectivity index (χ0n) is 11.4. The van der Waals surface area contributed by atoms with Crippen LogP contribution in [0.15, 0.2) is 18.7 Å². The molecule has 0 aliphatic carbocycles. The fourth-order valence-corrected chi connectivity index (χ4v) is 2.77. The van der Waals surface area contributed by atoms with E-state index >= 15 is 0 Å². The van der Waals surface area contributed by atoms with Gasteiger partial charge in [-0.05, 0) is 30.4 Å². The molecule has 0 N–H and O–H groups in total. The minimum absolute atomic E-state index is 0.220. The lowest BCUT2D eigenvalue weighted by Gasteiger charge is -2.16. The molecule has 20 heavy (non-hydrogen) atoms. The fraction of sp³-hybridized carbons (Fsp3) is 0.538. The molecule has 3 heterocycles. The minimum atomic E-state index is 0.220. The Balaban J connectivity index is 1.84. The van der Waals surface area contributed by atoms with Gasteiger partial charge in [-0.1, -0.05) is 13.3 Å². The van der Waals surface area contributed by atoms with Gasteiger partial charge in [-0.2, -0.15) is 15.0 Å². The molecule has 1 saturated heterocycles. The van der Waals surface area contributed by atoms with Crippen LogP contribution in [0.3, 0.4) is 0 Å². The van der Waals surface area contributed by atoms with Crippen LogP contribution in [0.2, 0.25) is 5.28 Å². The molecule has 1 aliphatic heterocycles. The summed E-state index contributed by atoms with van der Waals surface area (Å²) in [6, 6.07) is 0. The van der Waals surface area contributed by atoms with E-state index in [4.69, 9.17) is 11.6 Å². The largest absolute Gasteiger partial charge is 0.340 e. The number of halogens is 1. The van der Waals surface area contributed by atoms with Gasteiger partial charge in [0.2, 0.25) is 17.2 Å². The van der Waals surface area contributed by atoms with E-state index < -0.39 is 0 Å². The van der Waals surface area contributed by atoms with Crippen LogP contribution < -0.4 is 4.90 Å². The Bertz CT molecular complexity index is 570. The molecule has 0 spiro atoms. The summed E-state index contributed by atoms with van der Waals surface area (Å²) in [5.74, 6) is 1.90. The van der Waals surface area contributed by atoms with Gasteiger partial charge in [0, 0.05) is 25.5 Å². The Morgan fingerprint density at radius 1 is 1.30 bits per heavy atom. The maximum absolute atomic E-state index is 6.02. The normalized spacial score (nSPS) is 18.7. The maximum atomic E-state index is 6.02. The summed E-state index contributed by atoms with van der Waals surface area (Å²) >= 11 is 6.02. The van der Waals surface area contributed by atoms with Crippen LogP contribution >= 0.6 is 11.6 Å². The SMILES string of the molecule is CCCC1CCN(c2nc(Cl)nc(-n3ccnc3)n2)C1. The summed E-state index contributed by atoms with van der Waals surface area (Å²) < 4.78 is 1.73. The zero-order chi connectivity index (χ0) is 13.9. The molecule has 0 aromatic carbocycles. The third kappa shape index (κ3) is 2.75. The molecular formula is C13H17ClN6. The van der Waals surface area contributed by atoms with Gasteiger partial charge in [-0.15, -0.1) is 0 Å². The quantitative estimate of drug-likeness (QED) is 0.865. The lowest BCUT2D eigenvalue weighted by atomic mass is 10.0. The summed E-state index contributed by atoms with van der Waals surface area (Å²) in [6.07, 6.45) is 8.79. The van der Waals surface area contributed by atoms with Crippen LogP contribution in [0, 0.1) is 5.92 Å². The van der Waals surface area contributed by atoms with Crippen molar-refractivity contribution in [1.82, 2.24) is 24.5 Å². The molecule has 0 amide bonds. The summed E-state index contributed by atoms with van der Waals surface area (Å²) in [6.45, 7) is 4.20. The van der Waals surface area contributed by atoms with Crippen molar-refractivity contribution < 1.29 is 0 Å². The van der Waals surface area contributed by atoms with Crippen molar-refractivity contribution in [2.45, 2.75) is 26.2 Å². The zero-order valence-corrected chi connectivity index (χ0v) is 12.2. The highest BCUT2D eigenvalue weighted by Gasteiger charge is 2.24. The standard InChI is InChI=1S/C13H17ClN6/c1-2-3-10-4-6-19(8-10)12-16-11(14)17-13(18-12)20-7-5-15-9-20/h5,7,9-10H,2-4,6,8H2,1H3. The van der Waals surface area contributed by atoms with E-state index in [9.17, 15) is 0 Å². The highest BCUT2D eigenvalue weighted by molar-refractivity contribution is 6.28. The molecule has 1 atom stereocenters. The first-order valence-electron chi connectivity index (χ1n) is 6.91. The minimum Gasteiger partial charge on any atom is -0.340 e. The van der Waals surface area contributed by atoms with Gasteiger partial charge < -0.3 is 4.90 Å². The molecule has 1 fully saturated rings. The van der Waals surface area contributed by atoms with E-state index in [1.165, 1.54) is 19.3 Å². The number of rotatable bonds is 4. The molecule has 6 nitrogen and oxygen atoms in total. The van der Waals surface area contributed by atoms with Gasteiger partial charge in [0.1, 0.15) is 6.33 Å². The first-order chi connectivity index (χ1) is 9.76. The van der Waals surface area contributed by atoms with Crippen molar-refractivity contribution in [3.8, 4) is 5.95 Å². The summed E-state index contributed by atoms with van der Waals surface area (Å²) in [5, 5.41) is 0.220. The molecule has 0 bridgehead atoms. The molecule has 3 rings (SSSR count). The molecule has 1 unspecified atom stereocenters. The first-order valence-corrected chi connectivity index (χ1v) is 7.29. The van der Waals surface area contributed by atoms with Gasteiger partial charge in [-0.25, -0.2) is 4.98 Å². The Hall–Kier alpha value is -1.69. The molecule has 0 radical (unpaired) electrons. The van der Waals surface area contributed by atoms with E-state index in [-0.39, 0.29) is 5.28 Å². The molecule has 1 aliphatic rings. The third-order valence-corrected chi connectivity index (χ3v) is 3.75. The van der Waals surface area contributed by atoms with Gasteiger partial charge in [0.25, 0.3) is 0 Å². The number of imidazole rings is 1. The summed E-state index contributed by atoms with van der Waals surface area (Å²) in [7, 11) is 0. The topological polar surface area (TPSA) is 59.7 Å². The molecule has 0 saturated carbocycles. The first kappa shape index (κ1) is 13.3. The fourth-order valence-electron chi connectivity index (χ4n) is 2.62. The van der Waals surface area contributed by atoms with E-state index in [1.54, 1.807) is 23.3 Å². The number of hydrogen-bond donors (Lipinski definition) is 0.